The monoisotopic (exact) mass is 467 g/mol. The highest BCUT2D eigenvalue weighted by molar-refractivity contribution is 5.78. The molecule has 34 heavy (non-hydrogen) atoms. The molecule has 0 aliphatic carbocycles. The minimum absolute atomic E-state index is 0.123. The SMILES string of the molecule is CCCNC(c1ccc2nc(C(O)(c3ccccc3)c3ccccc3)n(CC)c2c1)C(F)(F)F. The molecule has 4 aromatic rings. The molecule has 178 valence electrons. The van der Waals surface area contributed by atoms with Crippen molar-refractivity contribution in [3.63, 3.8) is 0 Å². The van der Waals surface area contributed by atoms with Gasteiger partial charge < -0.3 is 15.0 Å². The standard InChI is InChI=1S/C27H28F3N3O/c1-3-17-31-24(27(28,29)30)19-15-16-22-23(18-19)33(4-2)25(32-22)26(34,20-11-7-5-8-12-20)21-13-9-6-10-14-21/h5-16,18,24,31,34H,3-4,17H2,1-2H3. The first-order valence-electron chi connectivity index (χ1n) is 11.4. The molecule has 1 aromatic heterocycles. The minimum Gasteiger partial charge on any atom is -0.373 e. The van der Waals surface area contributed by atoms with Gasteiger partial charge in [-0.15, -0.1) is 0 Å². The van der Waals surface area contributed by atoms with Gasteiger partial charge in [-0.2, -0.15) is 13.2 Å². The number of hydrogen-bond acceptors (Lipinski definition) is 3. The van der Waals surface area contributed by atoms with E-state index in [1.54, 1.807) is 10.6 Å². The van der Waals surface area contributed by atoms with E-state index in [9.17, 15) is 18.3 Å². The molecule has 0 amide bonds. The van der Waals surface area contributed by atoms with Gasteiger partial charge in [0.15, 0.2) is 11.4 Å². The van der Waals surface area contributed by atoms with Gasteiger partial charge in [-0.1, -0.05) is 73.7 Å². The quantitative estimate of drug-likeness (QED) is 0.337. The maximum Gasteiger partial charge on any atom is 0.407 e. The fourth-order valence-electron chi connectivity index (χ4n) is 4.41. The summed E-state index contributed by atoms with van der Waals surface area (Å²) in [7, 11) is 0. The number of nitrogens with zero attached hydrogens (tertiary/aromatic N) is 2. The van der Waals surface area contributed by atoms with Gasteiger partial charge in [-0.3, -0.25) is 0 Å². The number of imidazole rings is 1. The number of fused-ring (bicyclic) bond motifs is 1. The first-order valence-corrected chi connectivity index (χ1v) is 11.4. The van der Waals surface area contributed by atoms with E-state index < -0.39 is 17.8 Å². The average Bonchev–Trinajstić information content (AvgIpc) is 3.22. The van der Waals surface area contributed by atoms with E-state index in [0.29, 0.717) is 41.0 Å². The number of hydrogen-bond donors (Lipinski definition) is 2. The van der Waals surface area contributed by atoms with Crippen LogP contribution in [0.1, 0.15) is 48.8 Å². The lowest BCUT2D eigenvalue weighted by Gasteiger charge is -2.29. The van der Waals surface area contributed by atoms with Crippen molar-refractivity contribution in [2.45, 2.75) is 44.6 Å². The van der Waals surface area contributed by atoms with E-state index in [1.165, 1.54) is 12.1 Å². The molecule has 2 N–H and O–H groups in total. The molecule has 7 heteroatoms. The molecule has 0 saturated heterocycles. The van der Waals surface area contributed by atoms with Gasteiger partial charge in [0.25, 0.3) is 0 Å². The summed E-state index contributed by atoms with van der Waals surface area (Å²) in [6, 6.07) is 21.2. The van der Waals surface area contributed by atoms with Crippen LogP contribution in [0.15, 0.2) is 78.9 Å². The third kappa shape index (κ3) is 4.33. The van der Waals surface area contributed by atoms with E-state index in [4.69, 9.17) is 4.98 Å². The van der Waals surface area contributed by atoms with Crippen LogP contribution in [0.4, 0.5) is 13.2 Å². The van der Waals surface area contributed by atoms with Crippen molar-refractivity contribution >= 4 is 11.0 Å². The highest BCUT2D eigenvalue weighted by Crippen LogP contribution is 2.39. The second-order valence-corrected chi connectivity index (χ2v) is 8.30. The Bertz CT molecular complexity index is 1200. The molecule has 0 radical (unpaired) electrons. The van der Waals surface area contributed by atoms with Crippen LogP contribution in [-0.4, -0.2) is 27.4 Å². The summed E-state index contributed by atoms with van der Waals surface area (Å²) < 4.78 is 43.3. The molecule has 0 bridgehead atoms. The zero-order valence-corrected chi connectivity index (χ0v) is 19.2. The fraction of sp³-hybridized carbons (Fsp3) is 0.296. The van der Waals surface area contributed by atoms with Crippen LogP contribution in [0.5, 0.6) is 0 Å². The topological polar surface area (TPSA) is 50.1 Å². The summed E-state index contributed by atoms with van der Waals surface area (Å²) in [6.07, 6.45) is -3.84. The zero-order valence-electron chi connectivity index (χ0n) is 19.2. The summed E-state index contributed by atoms with van der Waals surface area (Å²) in [6.45, 7) is 4.40. The van der Waals surface area contributed by atoms with Crippen LogP contribution in [0.3, 0.4) is 0 Å². The van der Waals surface area contributed by atoms with E-state index >= 15 is 0 Å². The molecule has 1 heterocycles. The zero-order chi connectivity index (χ0) is 24.3. The van der Waals surface area contributed by atoms with E-state index in [2.05, 4.69) is 5.32 Å². The van der Waals surface area contributed by atoms with E-state index in [0.717, 1.165) is 0 Å². The summed E-state index contributed by atoms with van der Waals surface area (Å²) in [5, 5.41) is 14.8. The maximum absolute atomic E-state index is 13.8. The number of aryl methyl sites for hydroxylation is 1. The van der Waals surface area contributed by atoms with Crippen molar-refractivity contribution in [3.8, 4) is 0 Å². The number of aromatic nitrogens is 2. The van der Waals surface area contributed by atoms with Gasteiger partial charge in [0, 0.05) is 6.54 Å². The van der Waals surface area contributed by atoms with Crippen molar-refractivity contribution < 1.29 is 18.3 Å². The second kappa shape index (κ2) is 9.60. The Morgan fingerprint density at radius 1 is 0.912 bits per heavy atom. The van der Waals surface area contributed by atoms with Gasteiger partial charge in [0.05, 0.1) is 11.0 Å². The number of rotatable bonds is 8. The van der Waals surface area contributed by atoms with Gasteiger partial charge >= 0.3 is 6.18 Å². The minimum atomic E-state index is -4.43. The summed E-state index contributed by atoms with van der Waals surface area (Å²) in [4.78, 5) is 4.74. The molecule has 4 nitrogen and oxygen atoms in total. The first-order chi connectivity index (χ1) is 16.3. The second-order valence-electron chi connectivity index (χ2n) is 8.30. The summed E-state index contributed by atoms with van der Waals surface area (Å²) in [5.74, 6) is 0.365. The Labute approximate surface area is 197 Å². The first kappa shape index (κ1) is 24.0. The number of alkyl halides is 3. The molecule has 0 fully saturated rings. The van der Waals surface area contributed by atoms with Gasteiger partial charge in [0.1, 0.15) is 6.04 Å². The van der Waals surface area contributed by atoms with Crippen molar-refractivity contribution in [2.24, 2.45) is 0 Å². The van der Waals surface area contributed by atoms with Crippen molar-refractivity contribution in [3.05, 3.63) is 101 Å². The summed E-state index contributed by atoms with van der Waals surface area (Å²) >= 11 is 0. The highest BCUT2D eigenvalue weighted by atomic mass is 19.4. The van der Waals surface area contributed by atoms with Crippen LogP contribution < -0.4 is 5.32 Å². The van der Waals surface area contributed by atoms with Crippen LogP contribution >= 0.6 is 0 Å². The molecule has 1 unspecified atom stereocenters. The third-order valence-corrected chi connectivity index (χ3v) is 6.05. The Kier molecular flexibility index (Phi) is 6.77. The van der Waals surface area contributed by atoms with Crippen LogP contribution in [0.2, 0.25) is 0 Å². The van der Waals surface area contributed by atoms with Crippen LogP contribution in [0, 0.1) is 0 Å². The molecule has 0 spiro atoms. The molecule has 0 aliphatic heterocycles. The molecule has 3 aromatic carbocycles. The molecule has 0 saturated carbocycles. The largest absolute Gasteiger partial charge is 0.407 e. The maximum atomic E-state index is 13.8. The smallest absolute Gasteiger partial charge is 0.373 e. The lowest BCUT2D eigenvalue weighted by molar-refractivity contribution is -0.157. The number of benzene rings is 3. The predicted molar refractivity (Wildman–Crippen MR) is 127 cm³/mol. The van der Waals surface area contributed by atoms with Crippen LogP contribution in [-0.2, 0) is 12.1 Å². The molecule has 0 aliphatic rings. The molecule has 1 atom stereocenters. The lowest BCUT2D eigenvalue weighted by Crippen LogP contribution is -2.34. The molecular formula is C27H28F3N3O. The van der Waals surface area contributed by atoms with Crippen molar-refractivity contribution in [1.29, 1.82) is 0 Å². The van der Waals surface area contributed by atoms with E-state index in [-0.39, 0.29) is 12.1 Å². The van der Waals surface area contributed by atoms with Crippen molar-refractivity contribution in [2.75, 3.05) is 6.54 Å². The number of aliphatic hydroxyl groups is 1. The van der Waals surface area contributed by atoms with Gasteiger partial charge in [0.2, 0.25) is 0 Å². The van der Waals surface area contributed by atoms with Crippen LogP contribution in [0.25, 0.3) is 11.0 Å². The summed E-state index contributed by atoms with van der Waals surface area (Å²) in [5.41, 5.74) is 0.878. The molecular weight excluding hydrogens is 439 g/mol. The third-order valence-electron chi connectivity index (χ3n) is 6.05. The molecule has 4 rings (SSSR count). The Morgan fingerprint density at radius 3 is 2.00 bits per heavy atom. The lowest BCUT2D eigenvalue weighted by atomic mass is 9.85. The van der Waals surface area contributed by atoms with Crippen molar-refractivity contribution in [1.82, 2.24) is 14.9 Å². The normalized spacial score (nSPS) is 13.4. The Balaban J connectivity index is 1.93. The van der Waals surface area contributed by atoms with Gasteiger partial charge in [-0.05, 0) is 48.7 Å². The number of nitrogens with one attached hydrogen (secondary N) is 1. The fourth-order valence-corrected chi connectivity index (χ4v) is 4.41. The average molecular weight is 468 g/mol. The van der Waals surface area contributed by atoms with E-state index in [1.807, 2.05) is 74.5 Å². The number of halogens is 3. The Morgan fingerprint density at radius 2 is 1.50 bits per heavy atom. The Hall–Kier alpha value is -3.16. The highest BCUT2D eigenvalue weighted by Gasteiger charge is 2.41. The predicted octanol–water partition coefficient (Wildman–Crippen LogP) is 5.94. The van der Waals surface area contributed by atoms with Gasteiger partial charge in [-0.25, -0.2) is 4.98 Å².